The Balaban J connectivity index is 2.43. The molecule has 1 rings (SSSR count). The SMILES string of the molecule is COC1CCCCC1NC(C)C(CO)SC. The highest BCUT2D eigenvalue weighted by molar-refractivity contribution is 7.99. The zero-order valence-corrected chi connectivity index (χ0v) is 11.4. The first-order valence-electron chi connectivity index (χ1n) is 6.15. The highest BCUT2D eigenvalue weighted by atomic mass is 32.2. The maximum absolute atomic E-state index is 9.26. The van der Waals surface area contributed by atoms with Gasteiger partial charge < -0.3 is 15.2 Å². The molecule has 0 amide bonds. The molecule has 1 aliphatic carbocycles. The molecule has 1 aliphatic rings. The number of aliphatic hydroxyl groups is 1. The Kier molecular flexibility index (Phi) is 6.73. The minimum absolute atomic E-state index is 0.236. The molecular formula is C12H25NO2S. The van der Waals surface area contributed by atoms with Crippen molar-refractivity contribution >= 4 is 11.8 Å². The van der Waals surface area contributed by atoms with Crippen molar-refractivity contribution < 1.29 is 9.84 Å². The maximum Gasteiger partial charge on any atom is 0.0724 e. The quantitative estimate of drug-likeness (QED) is 0.749. The summed E-state index contributed by atoms with van der Waals surface area (Å²) in [6.07, 6.45) is 7.30. The lowest BCUT2D eigenvalue weighted by Crippen LogP contribution is -2.50. The zero-order chi connectivity index (χ0) is 12.0. The Morgan fingerprint density at radius 1 is 1.44 bits per heavy atom. The van der Waals surface area contributed by atoms with Gasteiger partial charge in [0, 0.05) is 24.4 Å². The Morgan fingerprint density at radius 2 is 2.12 bits per heavy atom. The normalized spacial score (nSPS) is 30.0. The van der Waals surface area contributed by atoms with Crippen molar-refractivity contribution in [1.29, 1.82) is 0 Å². The topological polar surface area (TPSA) is 41.5 Å². The van der Waals surface area contributed by atoms with Gasteiger partial charge in [-0.3, -0.25) is 0 Å². The number of methoxy groups -OCH3 is 1. The lowest BCUT2D eigenvalue weighted by Gasteiger charge is -2.35. The van der Waals surface area contributed by atoms with Gasteiger partial charge in [0.2, 0.25) is 0 Å². The first-order chi connectivity index (χ1) is 7.72. The van der Waals surface area contributed by atoms with Crippen molar-refractivity contribution in [3.8, 4) is 0 Å². The van der Waals surface area contributed by atoms with E-state index >= 15 is 0 Å². The molecule has 1 saturated carbocycles. The highest BCUT2D eigenvalue weighted by Gasteiger charge is 2.27. The van der Waals surface area contributed by atoms with Crippen molar-refractivity contribution in [2.75, 3.05) is 20.0 Å². The van der Waals surface area contributed by atoms with Crippen molar-refractivity contribution in [3.05, 3.63) is 0 Å². The molecule has 16 heavy (non-hydrogen) atoms. The van der Waals surface area contributed by atoms with E-state index in [1.807, 2.05) is 6.26 Å². The number of thioether (sulfide) groups is 1. The maximum atomic E-state index is 9.26. The van der Waals surface area contributed by atoms with Gasteiger partial charge in [-0.2, -0.15) is 11.8 Å². The third-order valence-corrected chi connectivity index (χ3v) is 4.69. The molecule has 0 aromatic carbocycles. The summed E-state index contributed by atoms with van der Waals surface area (Å²) in [7, 11) is 1.80. The number of hydrogen-bond donors (Lipinski definition) is 2. The average Bonchev–Trinajstić information content (AvgIpc) is 2.31. The van der Waals surface area contributed by atoms with Crippen LogP contribution in [0.15, 0.2) is 0 Å². The number of hydrogen-bond acceptors (Lipinski definition) is 4. The Hall–Kier alpha value is 0.230. The molecule has 0 aromatic rings. The van der Waals surface area contributed by atoms with Crippen molar-refractivity contribution in [2.24, 2.45) is 0 Å². The predicted octanol–water partition coefficient (Wildman–Crippen LogP) is 1.65. The average molecular weight is 247 g/mol. The van der Waals surface area contributed by atoms with E-state index in [2.05, 4.69) is 12.2 Å². The van der Waals surface area contributed by atoms with Crippen LogP contribution in [0.5, 0.6) is 0 Å². The fourth-order valence-electron chi connectivity index (χ4n) is 2.45. The van der Waals surface area contributed by atoms with Gasteiger partial charge in [-0.25, -0.2) is 0 Å². The number of nitrogens with one attached hydrogen (secondary N) is 1. The monoisotopic (exact) mass is 247 g/mol. The van der Waals surface area contributed by atoms with Crippen LogP contribution in [0, 0.1) is 0 Å². The van der Waals surface area contributed by atoms with E-state index in [9.17, 15) is 5.11 Å². The first-order valence-corrected chi connectivity index (χ1v) is 7.44. The molecule has 4 atom stereocenters. The van der Waals surface area contributed by atoms with Crippen LogP contribution in [0.1, 0.15) is 32.6 Å². The number of aliphatic hydroxyl groups excluding tert-OH is 1. The third-order valence-electron chi connectivity index (χ3n) is 3.52. The van der Waals surface area contributed by atoms with Gasteiger partial charge in [-0.15, -0.1) is 0 Å². The van der Waals surface area contributed by atoms with Crippen LogP contribution < -0.4 is 5.32 Å². The second-order valence-electron chi connectivity index (χ2n) is 4.58. The largest absolute Gasteiger partial charge is 0.395 e. The summed E-state index contributed by atoms with van der Waals surface area (Å²) in [5.41, 5.74) is 0. The summed E-state index contributed by atoms with van der Waals surface area (Å²) in [5.74, 6) is 0. The van der Waals surface area contributed by atoms with E-state index in [4.69, 9.17) is 4.74 Å². The lowest BCUT2D eigenvalue weighted by molar-refractivity contribution is 0.0377. The predicted molar refractivity (Wildman–Crippen MR) is 70.0 cm³/mol. The van der Waals surface area contributed by atoms with E-state index in [1.165, 1.54) is 19.3 Å². The van der Waals surface area contributed by atoms with Crippen molar-refractivity contribution in [2.45, 2.75) is 56.0 Å². The number of rotatable bonds is 6. The van der Waals surface area contributed by atoms with E-state index in [0.717, 1.165) is 6.42 Å². The summed E-state index contributed by atoms with van der Waals surface area (Å²) < 4.78 is 5.52. The highest BCUT2D eigenvalue weighted by Crippen LogP contribution is 2.22. The van der Waals surface area contributed by atoms with Crippen LogP contribution in [0.25, 0.3) is 0 Å². The summed E-state index contributed by atoms with van der Waals surface area (Å²) >= 11 is 1.72. The Morgan fingerprint density at radius 3 is 2.69 bits per heavy atom. The van der Waals surface area contributed by atoms with Crippen molar-refractivity contribution in [3.63, 3.8) is 0 Å². The van der Waals surface area contributed by atoms with E-state index in [0.29, 0.717) is 18.2 Å². The molecule has 4 heteroatoms. The van der Waals surface area contributed by atoms with Crippen LogP contribution in [-0.2, 0) is 4.74 Å². The molecule has 0 heterocycles. The summed E-state index contributed by atoms with van der Waals surface area (Å²) in [6, 6.07) is 0.788. The van der Waals surface area contributed by atoms with Crippen LogP contribution in [0.4, 0.5) is 0 Å². The fourth-order valence-corrected chi connectivity index (χ4v) is 3.09. The van der Waals surface area contributed by atoms with Crippen LogP contribution in [-0.4, -0.2) is 48.5 Å². The van der Waals surface area contributed by atoms with Gasteiger partial charge in [-0.05, 0) is 26.0 Å². The number of ether oxygens (including phenoxy) is 1. The standard InChI is InChI=1S/C12H25NO2S/c1-9(12(8-14)16-3)13-10-6-4-5-7-11(10)15-2/h9-14H,4-8H2,1-3H3. The molecule has 0 spiro atoms. The molecule has 0 radical (unpaired) electrons. The Labute approximate surface area is 103 Å². The van der Waals surface area contributed by atoms with Gasteiger partial charge in [0.15, 0.2) is 0 Å². The molecule has 96 valence electrons. The van der Waals surface area contributed by atoms with Gasteiger partial charge in [0.05, 0.1) is 12.7 Å². The summed E-state index contributed by atoms with van der Waals surface area (Å²) in [4.78, 5) is 0. The molecule has 0 aromatic heterocycles. The minimum atomic E-state index is 0.236. The summed E-state index contributed by atoms with van der Waals surface area (Å²) in [6.45, 7) is 2.39. The molecule has 0 aliphatic heterocycles. The minimum Gasteiger partial charge on any atom is -0.395 e. The molecular weight excluding hydrogens is 222 g/mol. The van der Waals surface area contributed by atoms with E-state index < -0.39 is 0 Å². The van der Waals surface area contributed by atoms with Gasteiger partial charge in [0.1, 0.15) is 0 Å². The molecule has 0 bridgehead atoms. The lowest BCUT2D eigenvalue weighted by atomic mass is 9.91. The van der Waals surface area contributed by atoms with Crippen LogP contribution in [0.2, 0.25) is 0 Å². The second kappa shape index (κ2) is 7.54. The van der Waals surface area contributed by atoms with E-state index in [-0.39, 0.29) is 11.9 Å². The molecule has 3 nitrogen and oxygen atoms in total. The molecule has 2 N–H and O–H groups in total. The fraction of sp³-hybridized carbons (Fsp3) is 1.00. The van der Waals surface area contributed by atoms with E-state index in [1.54, 1.807) is 18.9 Å². The zero-order valence-electron chi connectivity index (χ0n) is 10.6. The van der Waals surface area contributed by atoms with Gasteiger partial charge in [-0.1, -0.05) is 12.8 Å². The van der Waals surface area contributed by atoms with Crippen LogP contribution in [0.3, 0.4) is 0 Å². The van der Waals surface area contributed by atoms with Gasteiger partial charge in [0.25, 0.3) is 0 Å². The Bertz CT molecular complexity index is 188. The molecule has 1 fully saturated rings. The van der Waals surface area contributed by atoms with Gasteiger partial charge >= 0.3 is 0 Å². The smallest absolute Gasteiger partial charge is 0.0724 e. The first kappa shape index (κ1) is 14.3. The second-order valence-corrected chi connectivity index (χ2v) is 5.65. The van der Waals surface area contributed by atoms with Crippen LogP contribution >= 0.6 is 11.8 Å². The molecule has 4 unspecified atom stereocenters. The summed E-state index contributed by atoms with van der Waals surface area (Å²) in [5, 5.41) is 13.2. The molecule has 0 saturated heterocycles. The third kappa shape index (κ3) is 3.91. The van der Waals surface area contributed by atoms with Crippen molar-refractivity contribution in [1.82, 2.24) is 5.32 Å².